The van der Waals surface area contributed by atoms with Crippen molar-refractivity contribution in [1.82, 2.24) is 15.2 Å². The standard InChI is InChI=1S/C17H29N3S/c1-5-12(2)16-9-20(8-15-10-21-13(3)19-15)17(4,11-18-16)14-6-7-14/h10,12,14,16,18H,5-9,11H2,1-4H3. The number of nitrogens with one attached hydrogen (secondary N) is 1. The molecule has 2 aliphatic rings. The molecule has 0 radical (unpaired) electrons. The number of hydrogen-bond donors (Lipinski definition) is 1. The molecule has 4 heteroatoms. The van der Waals surface area contributed by atoms with Crippen LogP contribution < -0.4 is 5.32 Å². The summed E-state index contributed by atoms with van der Waals surface area (Å²) in [6, 6.07) is 0.626. The second-order valence-corrected chi connectivity index (χ2v) is 8.30. The Morgan fingerprint density at radius 2 is 2.29 bits per heavy atom. The molecule has 3 unspecified atom stereocenters. The second kappa shape index (κ2) is 5.98. The molecule has 1 aromatic heterocycles. The topological polar surface area (TPSA) is 28.2 Å². The second-order valence-electron chi connectivity index (χ2n) is 7.24. The van der Waals surface area contributed by atoms with Crippen LogP contribution in [-0.2, 0) is 6.54 Å². The molecule has 118 valence electrons. The molecule has 1 N–H and O–H groups in total. The molecule has 0 spiro atoms. The van der Waals surface area contributed by atoms with E-state index in [0.717, 1.165) is 24.9 Å². The lowest BCUT2D eigenvalue weighted by molar-refractivity contribution is 0.0158. The minimum absolute atomic E-state index is 0.321. The lowest BCUT2D eigenvalue weighted by Crippen LogP contribution is -2.65. The van der Waals surface area contributed by atoms with E-state index in [2.05, 4.69) is 43.3 Å². The first-order valence-electron chi connectivity index (χ1n) is 8.42. The summed E-state index contributed by atoms with van der Waals surface area (Å²) < 4.78 is 0. The number of aryl methyl sites for hydroxylation is 1. The number of hydrogen-bond acceptors (Lipinski definition) is 4. The Morgan fingerprint density at radius 3 is 2.86 bits per heavy atom. The van der Waals surface area contributed by atoms with Gasteiger partial charge in [0.2, 0.25) is 0 Å². The van der Waals surface area contributed by atoms with Crippen LogP contribution >= 0.6 is 11.3 Å². The summed E-state index contributed by atoms with van der Waals surface area (Å²) in [7, 11) is 0. The fraction of sp³-hybridized carbons (Fsp3) is 0.824. The minimum Gasteiger partial charge on any atom is -0.311 e. The van der Waals surface area contributed by atoms with Gasteiger partial charge in [-0.3, -0.25) is 4.90 Å². The van der Waals surface area contributed by atoms with E-state index in [1.807, 2.05) is 0 Å². The van der Waals surface area contributed by atoms with Crippen molar-refractivity contribution < 1.29 is 0 Å². The van der Waals surface area contributed by atoms with Crippen molar-refractivity contribution in [3.63, 3.8) is 0 Å². The van der Waals surface area contributed by atoms with E-state index < -0.39 is 0 Å². The summed E-state index contributed by atoms with van der Waals surface area (Å²) in [5.41, 5.74) is 1.58. The van der Waals surface area contributed by atoms with Crippen LogP contribution in [0.15, 0.2) is 5.38 Å². The molecule has 0 bridgehead atoms. The van der Waals surface area contributed by atoms with Gasteiger partial charge in [0.15, 0.2) is 0 Å². The largest absolute Gasteiger partial charge is 0.311 e. The third kappa shape index (κ3) is 3.17. The highest BCUT2D eigenvalue weighted by molar-refractivity contribution is 7.09. The predicted octanol–water partition coefficient (Wildman–Crippen LogP) is 3.44. The summed E-state index contributed by atoms with van der Waals surface area (Å²) in [6.07, 6.45) is 4.05. The normalized spacial score (nSPS) is 32.3. The van der Waals surface area contributed by atoms with Crippen molar-refractivity contribution in [1.29, 1.82) is 0 Å². The third-order valence-electron chi connectivity index (χ3n) is 5.67. The van der Waals surface area contributed by atoms with Crippen LogP contribution in [0.25, 0.3) is 0 Å². The van der Waals surface area contributed by atoms with Crippen molar-refractivity contribution in [3.8, 4) is 0 Å². The van der Waals surface area contributed by atoms with Gasteiger partial charge in [0, 0.05) is 36.6 Å². The van der Waals surface area contributed by atoms with Crippen molar-refractivity contribution in [2.45, 2.75) is 65.1 Å². The molecule has 3 atom stereocenters. The van der Waals surface area contributed by atoms with E-state index in [1.54, 1.807) is 11.3 Å². The number of piperazine rings is 1. The zero-order valence-corrected chi connectivity index (χ0v) is 14.7. The molecule has 0 aromatic carbocycles. The highest BCUT2D eigenvalue weighted by atomic mass is 32.1. The summed E-state index contributed by atoms with van der Waals surface area (Å²) in [6.45, 7) is 12.6. The third-order valence-corrected chi connectivity index (χ3v) is 6.49. The predicted molar refractivity (Wildman–Crippen MR) is 89.6 cm³/mol. The molecule has 0 amide bonds. The number of thiazole rings is 1. The van der Waals surface area contributed by atoms with E-state index in [0.29, 0.717) is 11.6 Å². The van der Waals surface area contributed by atoms with E-state index in [-0.39, 0.29) is 0 Å². The Kier molecular flexibility index (Phi) is 4.40. The van der Waals surface area contributed by atoms with Gasteiger partial charge in [-0.2, -0.15) is 0 Å². The molecular formula is C17H29N3S. The Labute approximate surface area is 133 Å². The van der Waals surface area contributed by atoms with Gasteiger partial charge in [-0.05, 0) is 38.5 Å². The highest BCUT2D eigenvalue weighted by Gasteiger charge is 2.48. The monoisotopic (exact) mass is 307 g/mol. The van der Waals surface area contributed by atoms with Crippen LogP contribution in [0.2, 0.25) is 0 Å². The first kappa shape index (κ1) is 15.4. The zero-order chi connectivity index (χ0) is 15.0. The quantitative estimate of drug-likeness (QED) is 0.903. The van der Waals surface area contributed by atoms with Crippen LogP contribution in [-0.4, -0.2) is 34.6 Å². The van der Waals surface area contributed by atoms with Crippen molar-refractivity contribution >= 4 is 11.3 Å². The number of aromatic nitrogens is 1. The van der Waals surface area contributed by atoms with E-state index in [9.17, 15) is 0 Å². The lowest BCUT2D eigenvalue weighted by Gasteiger charge is -2.49. The Balaban J connectivity index is 1.76. The molecular weight excluding hydrogens is 278 g/mol. The van der Waals surface area contributed by atoms with Gasteiger partial charge in [0.25, 0.3) is 0 Å². The van der Waals surface area contributed by atoms with Crippen LogP contribution in [0.4, 0.5) is 0 Å². The molecule has 21 heavy (non-hydrogen) atoms. The first-order valence-corrected chi connectivity index (χ1v) is 9.30. The molecule has 1 saturated heterocycles. The summed E-state index contributed by atoms with van der Waals surface area (Å²) >= 11 is 1.78. The first-order chi connectivity index (χ1) is 10.0. The summed E-state index contributed by atoms with van der Waals surface area (Å²) in [5, 5.41) is 7.27. The summed E-state index contributed by atoms with van der Waals surface area (Å²) in [4.78, 5) is 7.43. The van der Waals surface area contributed by atoms with Gasteiger partial charge in [-0.25, -0.2) is 4.98 Å². The number of rotatable bonds is 5. The highest BCUT2D eigenvalue weighted by Crippen LogP contribution is 2.44. The van der Waals surface area contributed by atoms with E-state index in [4.69, 9.17) is 4.98 Å². The number of nitrogens with zero attached hydrogens (tertiary/aromatic N) is 2. The molecule has 3 nitrogen and oxygen atoms in total. The van der Waals surface area contributed by atoms with Gasteiger partial charge < -0.3 is 5.32 Å². The Bertz CT molecular complexity index is 482. The van der Waals surface area contributed by atoms with Crippen molar-refractivity contribution in [2.24, 2.45) is 11.8 Å². The minimum atomic E-state index is 0.321. The molecule has 2 heterocycles. The van der Waals surface area contributed by atoms with Gasteiger partial charge in [-0.15, -0.1) is 11.3 Å². The van der Waals surface area contributed by atoms with Gasteiger partial charge in [0.05, 0.1) is 10.7 Å². The molecule has 1 aliphatic carbocycles. The van der Waals surface area contributed by atoms with Crippen molar-refractivity contribution in [2.75, 3.05) is 13.1 Å². The van der Waals surface area contributed by atoms with Crippen LogP contribution in [0, 0.1) is 18.8 Å². The van der Waals surface area contributed by atoms with Gasteiger partial charge >= 0.3 is 0 Å². The maximum Gasteiger partial charge on any atom is 0.0897 e. The Hall–Kier alpha value is -0.450. The fourth-order valence-electron chi connectivity index (χ4n) is 3.66. The molecule has 1 saturated carbocycles. The maximum atomic E-state index is 4.70. The van der Waals surface area contributed by atoms with Crippen LogP contribution in [0.5, 0.6) is 0 Å². The fourth-order valence-corrected chi connectivity index (χ4v) is 4.26. The van der Waals surface area contributed by atoms with Gasteiger partial charge in [-0.1, -0.05) is 20.3 Å². The zero-order valence-electron chi connectivity index (χ0n) is 13.9. The molecule has 3 rings (SSSR count). The molecule has 1 aliphatic heterocycles. The van der Waals surface area contributed by atoms with Crippen LogP contribution in [0.1, 0.15) is 50.7 Å². The van der Waals surface area contributed by atoms with E-state index in [1.165, 1.54) is 36.5 Å². The van der Waals surface area contributed by atoms with Crippen molar-refractivity contribution in [3.05, 3.63) is 16.1 Å². The SMILES string of the molecule is CCC(C)C1CN(Cc2csc(C)n2)C(C)(C2CC2)CN1. The Morgan fingerprint density at radius 1 is 1.52 bits per heavy atom. The molecule has 2 fully saturated rings. The maximum absolute atomic E-state index is 4.70. The summed E-state index contributed by atoms with van der Waals surface area (Å²) in [5.74, 6) is 1.62. The average molecular weight is 308 g/mol. The lowest BCUT2D eigenvalue weighted by atomic mass is 9.86. The smallest absolute Gasteiger partial charge is 0.0897 e. The van der Waals surface area contributed by atoms with Crippen LogP contribution in [0.3, 0.4) is 0 Å². The van der Waals surface area contributed by atoms with Gasteiger partial charge in [0.1, 0.15) is 0 Å². The van der Waals surface area contributed by atoms with E-state index >= 15 is 0 Å². The average Bonchev–Trinajstić information content (AvgIpc) is 3.25. The molecule has 1 aromatic rings.